The third-order valence-electron chi connectivity index (χ3n) is 2.63. The van der Waals surface area contributed by atoms with E-state index in [1.165, 1.54) is 0 Å². The van der Waals surface area contributed by atoms with Gasteiger partial charge >= 0.3 is 0 Å². The first-order valence-electron chi connectivity index (χ1n) is 4.90. The molecular formula is C10H15N3O. The van der Waals surface area contributed by atoms with E-state index in [-0.39, 0.29) is 5.60 Å². The molecule has 2 N–H and O–H groups in total. The van der Waals surface area contributed by atoms with Crippen LogP contribution in [-0.4, -0.2) is 16.6 Å². The molecule has 4 heteroatoms. The molecule has 1 aliphatic rings. The first-order valence-corrected chi connectivity index (χ1v) is 4.90. The molecule has 1 aliphatic heterocycles. The number of nitrogens with zero attached hydrogens (tertiary/aromatic N) is 2. The molecular weight excluding hydrogens is 178 g/mol. The maximum Gasteiger partial charge on any atom is 0.159 e. The Kier molecular flexibility index (Phi) is 2.48. The average Bonchev–Trinajstić information content (AvgIpc) is 2.67. The molecule has 1 saturated heterocycles. The van der Waals surface area contributed by atoms with Crippen LogP contribution in [0, 0.1) is 0 Å². The standard InChI is InChI=1S/C10H15N3O/c1-10(3-2-4-14-10)9-12-6-8(5-11)7-13-9/h6-7H,2-5,11H2,1H3. The summed E-state index contributed by atoms with van der Waals surface area (Å²) in [6, 6.07) is 0. The van der Waals surface area contributed by atoms with Crippen molar-refractivity contribution in [2.75, 3.05) is 6.61 Å². The molecule has 1 aromatic rings. The van der Waals surface area contributed by atoms with Gasteiger partial charge in [0.15, 0.2) is 5.82 Å². The van der Waals surface area contributed by atoms with Crippen molar-refractivity contribution in [1.29, 1.82) is 0 Å². The minimum Gasteiger partial charge on any atom is -0.367 e. The van der Waals surface area contributed by atoms with Crippen LogP contribution in [0.15, 0.2) is 12.4 Å². The van der Waals surface area contributed by atoms with Gasteiger partial charge in [0.05, 0.1) is 0 Å². The molecule has 2 heterocycles. The monoisotopic (exact) mass is 193 g/mol. The molecule has 0 aliphatic carbocycles. The molecule has 1 atom stereocenters. The van der Waals surface area contributed by atoms with Gasteiger partial charge < -0.3 is 10.5 Å². The molecule has 0 bridgehead atoms. The fourth-order valence-corrected chi connectivity index (χ4v) is 1.69. The maximum atomic E-state index is 5.64. The highest BCUT2D eigenvalue weighted by Gasteiger charge is 2.34. The third kappa shape index (κ3) is 1.63. The molecule has 0 spiro atoms. The fourth-order valence-electron chi connectivity index (χ4n) is 1.69. The molecule has 4 nitrogen and oxygen atoms in total. The van der Waals surface area contributed by atoms with Gasteiger partial charge in [0.2, 0.25) is 0 Å². The predicted molar refractivity (Wildman–Crippen MR) is 52.5 cm³/mol. The average molecular weight is 193 g/mol. The topological polar surface area (TPSA) is 61.0 Å². The Morgan fingerprint density at radius 2 is 2.21 bits per heavy atom. The lowest BCUT2D eigenvalue weighted by molar-refractivity contribution is 0.00928. The van der Waals surface area contributed by atoms with E-state index >= 15 is 0 Å². The summed E-state index contributed by atoms with van der Waals surface area (Å²) < 4.78 is 5.64. The molecule has 0 radical (unpaired) electrons. The second-order valence-electron chi connectivity index (χ2n) is 3.80. The molecule has 1 fully saturated rings. The van der Waals surface area contributed by atoms with Gasteiger partial charge in [0.1, 0.15) is 5.60 Å². The summed E-state index contributed by atoms with van der Waals surface area (Å²) >= 11 is 0. The second-order valence-corrected chi connectivity index (χ2v) is 3.80. The summed E-state index contributed by atoms with van der Waals surface area (Å²) in [4.78, 5) is 8.57. The van der Waals surface area contributed by atoms with Crippen molar-refractivity contribution in [3.05, 3.63) is 23.8 Å². The lowest BCUT2D eigenvalue weighted by Gasteiger charge is -2.20. The van der Waals surface area contributed by atoms with Crippen molar-refractivity contribution in [3.8, 4) is 0 Å². The largest absolute Gasteiger partial charge is 0.367 e. The van der Waals surface area contributed by atoms with Crippen LogP contribution in [0.2, 0.25) is 0 Å². The minimum atomic E-state index is -0.285. The summed E-state index contributed by atoms with van der Waals surface area (Å²) in [6.45, 7) is 3.33. The first kappa shape index (κ1) is 9.55. The minimum absolute atomic E-state index is 0.285. The van der Waals surface area contributed by atoms with Crippen molar-refractivity contribution >= 4 is 0 Å². The van der Waals surface area contributed by atoms with Gasteiger partial charge in [-0.1, -0.05) is 0 Å². The Morgan fingerprint density at radius 1 is 1.50 bits per heavy atom. The van der Waals surface area contributed by atoms with Gasteiger partial charge in [0.25, 0.3) is 0 Å². The van der Waals surface area contributed by atoms with E-state index < -0.39 is 0 Å². The molecule has 0 amide bonds. The molecule has 1 unspecified atom stereocenters. The highest BCUT2D eigenvalue weighted by atomic mass is 16.5. The van der Waals surface area contributed by atoms with E-state index in [1.807, 2.05) is 6.92 Å². The van der Waals surface area contributed by atoms with Gasteiger partial charge in [-0.25, -0.2) is 9.97 Å². The number of hydrogen-bond acceptors (Lipinski definition) is 4. The van der Waals surface area contributed by atoms with Gasteiger partial charge in [-0.2, -0.15) is 0 Å². The SMILES string of the molecule is CC1(c2ncc(CN)cn2)CCCO1. The van der Waals surface area contributed by atoms with E-state index in [0.29, 0.717) is 6.54 Å². The number of rotatable bonds is 2. The van der Waals surface area contributed by atoms with Crippen LogP contribution in [0.5, 0.6) is 0 Å². The van der Waals surface area contributed by atoms with Crippen molar-refractivity contribution < 1.29 is 4.74 Å². The van der Waals surface area contributed by atoms with Crippen LogP contribution in [0.3, 0.4) is 0 Å². The van der Waals surface area contributed by atoms with E-state index in [9.17, 15) is 0 Å². The molecule has 1 aromatic heterocycles. The first-order chi connectivity index (χ1) is 6.74. The summed E-state index contributed by atoms with van der Waals surface area (Å²) in [7, 11) is 0. The number of hydrogen-bond donors (Lipinski definition) is 1. The Morgan fingerprint density at radius 3 is 2.71 bits per heavy atom. The van der Waals surface area contributed by atoms with Crippen LogP contribution in [0.25, 0.3) is 0 Å². The van der Waals surface area contributed by atoms with E-state index in [2.05, 4.69) is 9.97 Å². The predicted octanol–water partition coefficient (Wildman–Crippen LogP) is 0.961. The van der Waals surface area contributed by atoms with Crippen LogP contribution >= 0.6 is 0 Å². The molecule has 2 rings (SSSR count). The molecule has 76 valence electrons. The van der Waals surface area contributed by atoms with Crippen molar-refractivity contribution in [2.24, 2.45) is 5.73 Å². The highest BCUT2D eigenvalue weighted by molar-refractivity contribution is 5.09. The van der Waals surface area contributed by atoms with Crippen LogP contribution < -0.4 is 5.73 Å². The van der Waals surface area contributed by atoms with Crippen molar-refractivity contribution in [2.45, 2.75) is 31.9 Å². The Balaban J connectivity index is 2.23. The Hall–Kier alpha value is -1.00. The van der Waals surface area contributed by atoms with Gasteiger partial charge in [-0.3, -0.25) is 0 Å². The second kappa shape index (κ2) is 3.63. The fraction of sp³-hybridized carbons (Fsp3) is 0.600. The summed E-state index contributed by atoms with van der Waals surface area (Å²) in [6.07, 6.45) is 5.62. The quantitative estimate of drug-likeness (QED) is 0.760. The summed E-state index contributed by atoms with van der Waals surface area (Å²) in [5.41, 5.74) is 6.14. The van der Waals surface area contributed by atoms with E-state index in [4.69, 9.17) is 10.5 Å². The van der Waals surface area contributed by atoms with Gasteiger partial charge in [-0.05, 0) is 19.8 Å². The zero-order valence-electron chi connectivity index (χ0n) is 8.36. The maximum absolute atomic E-state index is 5.64. The summed E-state index contributed by atoms with van der Waals surface area (Å²) in [5.74, 6) is 0.771. The Labute approximate surface area is 83.5 Å². The number of nitrogens with two attached hydrogens (primary N) is 1. The van der Waals surface area contributed by atoms with E-state index in [1.54, 1.807) is 12.4 Å². The third-order valence-corrected chi connectivity index (χ3v) is 2.63. The lowest BCUT2D eigenvalue weighted by atomic mass is 10.0. The van der Waals surface area contributed by atoms with Gasteiger partial charge in [0, 0.05) is 31.1 Å². The smallest absolute Gasteiger partial charge is 0.159 e. The zero-order chi connectivity index (χ0) is 10.0. The van der Waals surface area contributed by atoms with Crippen LogP contribution in [0.1, 0.15) is 31.2 Å². The molecule has 0 aromatic carbocycles. The highest BCUT2D eigenvalue weighted by Crippen LogP contribution is 2.32. The zero-order valence-corrected chi connectivity index (χ0v) is 8.36. The number of ether oxygens (including phenoxy) is 1. The van der Waals surface area contributed by atoms with Crippen molar-refractivity contribution in [1.82, 2.24) is 9.97 Å². The van der Waals surface area contributed by atoms with Crippen LogP contribution in [-0.2, 0) is 16.9 Å². The summed E-state index contributed by atoms with van der Waals surface area (Å²) in [5, 5.41) is 0. The van der Waals surface area contributed by atoms with E-state index in [0.717, 1.165) is 30.8 Å². The number of aromatic nitrogens is 2. The molecule has 0 saturated carbocycles. The van der Waals surface area contributed by atoms with Crippen molar-refractivity contribution in [3.63, 3.8) is 0 Å². The lowest BCUT2D eigenvalue weighted by Crippen LogP contribution is -2.23. The van der Waals surface area contributed by atoms with Gasteiger partial charge in [-0.15, -0.1) is 0 Å². The Bertz CT molecular complexity index is 304. The normalized spacial score (nSPS) is 26.7. The molecule has 14 heavy (non-hydrogen) atoms. The van der Waals surface area contributed by atoms with Crippen LogP contribution in [0.4, 0.5) is 0 Å².